The van der Waals surface area contributed by atoms with E-state index < -0.39 is 0 Å². The first-order valence-electron chi connectivity index (χ1n) is 6.90. The SMILES string of the molecule is CCN(CC(=O)c1cccc(C)c1)Cc1ccncc1. The number of nitrogens with zero attached hydrogens (tertiary/aromatic N) is 2. The van der Waals surface area contributed by atoms with Gasteiger partial charge in [-0.05, 0) is 37.2 Å². The highest BCUT2D eigenvalue weighted by Crippen LogP contribution is 2.08. The van der Waals surface area contributed by atoms with E-state index in [0.717, 1.165) is 24.2 Å². The first kappa shape index (κ1) is 14.4. The van der Waals surface area contributed by atoms with E-state index in [-0.39, 0.29) is 5.78 Å². The predicted molar refractivity (Wildman–Crippen MR) is 80.7 cm³/mol. The van der Waals surface area contributed by atoms with E-state index in [4.69, 9.17) is 0 Å². The van der Waals surface area contributed by atoms with E-state index in [2.05, 4.69) is 16.8 Å². The Balaban J connectivity index is 2.01. The monoisotopic (exact) mass is 268 g/mol. The quantitative estimate of drug-likeness (QED) is 0.755. The molecular formula is C17H20N2O. The lowest BCUT2D eigenvalue weighted by Crippen LogP contribution is -2.29. The van der Waals surface area contributed by atoms with Gasteiger partial charge < -0.3 is 0 Å². The van der Waals surface area contributed by atoms with Crippen molar-refractivity contribution in [3.8, 4) is 0 Å². The highest BCUT2D eigenvalue weighted by molar-refractivity contribution is 5.97. The van der Waals surface area contributed by atoms with Crippen LogP contribution in [0.4, 0.5) is 0 Å². The summed E-state index contributed by atoms with van der Waals surface area (Å²) in [5.41, 5.74) is 3.09. The number of carbonyl (C=O) groups is 1. The molecule has 1 aromatic heterocycles. The number of aryl methyl sites for hydroxylation is 1. The van der Waals surface area contributed by atoms with Gasteiger partial charge in [0, 0.05) is 24.5 Å². The van der Waals surface area contributed by atoms with Crippen LogP contribution in [0.3, 0.4) is 0 Å². The number of benzene rings is 1. The molecule has 2 aromatic rings. The Hall–Kier alpha value is -2.00. The largest absolute Gasteiger partial charge is 0.293 e. The molecule has 1 heterocycles. The van der Waals surface area contributed by atoms with Gasteiger partial charge in [0.1, 0.15) is 0 Å². The lowest BCUT2D eigenvalue weighted by Gasteiger charge is -2.19. The lowest BCUT2D eigenvalue weighted by atomic mass is 10.1. The molecule has 20 heavy (non-hydrogen) atoms. The molecule has 0 saturated carbocycles. The molecule has 0 aliphatic heterocycles. The van der Waals surface area contributed by atoms with Crippen LogP contribution in [0, 0.1) is 6.92 Å². The van der Waals surface area contributed by atoms with Gasteiger partial charge in [0.15, 0.2) is 5.78 Å². The third-order valence-electron chi connectivity index (χ3n) is 3.31. The Kier molecular flexibility index (Phi) is 5.02. The van der Waals surface area contributed by atoms with Crippen LogP contribution in [0.2, 0.25) is 0 Å². The Morgan fingerprint density at radius 1 is 1.20 bits per heavy atom. The maximum Gasteiger partial charge on any atom is 0.176 e. The molecular weight excluding hydrogens is 248 g/mol. The van der Waals surface area contributed by atoms with Crippen molar-refractivity contribution < 1.29 is 4.79 Å². The zero-order valence-electron chi connectivity index (χ0n) is 12.0. The normalized spacial score (nSPS) is 10.8. The van der Waals surface area contributed by atoms with Crippen molar-refractivity contribution in [2.45, 2.75) is 20.4 Å². The van der Waals surface area contributed by atoms with Gasteiger partial charge >= 0.3 is 0 Å². The van der Waals surface area contributed by atoms with Gasteiger partial charge in [0.2, 0.25) is 0 Å². The van der Waals surface area contributed by atoms with Crippen molar-refractivity contribution in [1.29, 1.82) is 0 Å². The maximum absolute atomic E-state index is 12.3. The van der Waals surface area contributed by atoms with E-state index in [1.54, 1.807) is 12.4 Å². The molecule has 104 valence electrons. The molecule has 0 fully saturated rings. The molecule has 0 spiro atoms. The van der Waals surface area contributed by atoms with Crippen molar-refractivity contribution in [1.82, 2.24) is 9.88 Å². The van der Waals surface area contributed by atoms with Crippen LogP contribution in [0.25, 0.3) is 0 Å². The molecule has 0 bridgehead atoms. The number of ketones is 1. The molecule has 0 radical (unpaired) electrons. The van der Waals surface area contributed by atoms with E-state index in [9.17, 15) is 4.79 Å². The fourth-order valence-electron chi connectivity index (χ4n) is 2.14. The summed E-state index contributed by atoms with van der Waals surface area (Å²) in [7, 11) is 0. The number of hydrogen-bond acceptors (Lipinski definition) is 3. The van der Waals surface area contributed by atoms with Crippen LogP contribution >= 0.6 is 0 Å². The summed E-state index contributed by atoms with van der Waals surface area (Å²) in [5.74, 6) is 0.171. The zero-order valence-corrected chi connectivity index (χ0v) is 12.0. The van der Waals surface area contributed by atoms with Gasteiger partial charge in [-0.25, -0.2) is 0 Å². The first-order chi connectivity index (χ1) is 9.69. The summed E-state index contributed by atoms with van der Waals surface area (Å²) >= 11 is 0. The third kappa shape index (κ3) is 4.00. The molecule has 0 aliphatic carbocycles. The van der Waals surface area contributed by atoms with Crippen LogP contribution in [-0.4, -0.2) is 28.8 Å². The topological polar surface area (TPSA) is 33.2 Å². The van der Waals surface area contributed by atoms with E-state index in [1.807, 2.05) is 43.3 Å². The van der Waals surface area contributed by atoms with E-state index in [1.165, 1.54) is 5.56 Å². The fraction of sp³-hybridized carbons (Fsp3) is 0.294. The minimum Gasteiger partial charge on any atom is -0.293 e. The molecule has 0 atom stereocenters. The average molecular weight is 268 g/mol. The number of aromatic nitrogens is 1. The fourth-order valence-corrected chi connectivity index (χ4v) is 2.14. The van der Waals surface area contributed by atoms with Gasteiger partial charge in [-0.1, -0.05) is 30.7 Å². The number of hydrogen-bond donors (Lipinski definition) is 0. The third-order valence-corrected chi connectivity index (χ3v) is 3.31. The van der Waals surface area contributed by atoms with Gasteiger partial charge in [-0.3, -0.25) is 14.7 Å². The summed E-state index contributed by atoms with van der Waals surface area (Å²) < 4.78 is 0. The second-order valence-corrected chi connectivity index (χ2v) is 4.95. The molecule has 0 aliphatic rings. The smallest absolute Gasteiger partial charge is 0.176 e. The molecule has 2 rings (SSSR count). The van der Waals surface area contributed by atoms with Crippen LogP contribution < -0.4 is 0 Å². The number of Topliss-reactive ketones (excluding diaryl/α,β-unsaturated/α-hetero) is 1. The minimum atomic E-state index is 0.171. The standard InChI is InChI=1S/C17H20N2O/c1-3-19(12-15-7-9-18-10-8-15)13-17(20)16-6-4-5-14(2)11-16/h4-11H,3,12-13H2,1-2H3. The summed E-state index contributed by atoms with van der Waals surface area (Å²) in [5, 5.41) is 0. The highest BCUT2D eigenvalue weighted by Gasteiger charge is 2.11. The predicted octanol–water partition coefficient (Wildman–Crippen LogP) is 3.09. The Morgan fingerprint density at radius 2 is 1.95 bits per heavy atom. The number of pyridine rings is 1. The second-order valence-electron chi connectivity index (χ2n) is 4.95. The zero-order chi connectivity index (χ0) is 14.4. The van der Waals surface area contributed by atoms with Crippen molar-refractivity contribution in [3.05, 3.63) is 65.5 Å². The summed E-state index contributed by atoms with van der Waals surface area (Å²) in [4.78, 5) is 18.5. The Morgan fingerprint density at radius 3 is 2.60 bits per heavy atom. The van der Waals surface area contributed by atoms with Crippen LogP contribution in [-0.2, 0) is 6.54 Å². The number of rotatable bonds is 6. The second kappa shape index (κ2) is 6.96. The molecule has 0 saturated heterocycles. The molecule has 3 heteroatoms. The molecule has 0 N–H and O–H groups in total. The average Bonchev–Trinajstić information content (AvgIpc) is 2.47. The van der Waals surface area contributed by atoms with Crippen molar-refractivity contribution in [3.63, 3.8) is 0 Å². The van der Waals surface area contributed by atoms with Gasteiger partial charge in [-0.15, -0.1) is 0 Å². The molecule has 3 nitrogen and oxygen atoms in total. The Bertz CT molecular complexity index is 566. The summed E-state index contributed by atoms with van der Waals surface area (Å²) in [6.45, 7) is 6.15. The first-order valence-corrected chi connectivity index (χ1v) is 6.90. The van der Waals surface area contributed by atoms with Crippen LogP contribution in [0.15, 0.2) is 48.8 Å². The van der Waals surface area contributed by atoms with Gasteiger partial charge in [0.05, 0.1) is 6.54 Å². The molecule has 1 aromatic carbocycles. The number of carbonyl (C=O) groups excluding carboxylic acids is 1. The Labute approximate surface area is 120 Å². The van der Waals surface area contributed by atoms with Crippen molar-refractivity contribution in [2.24, 2.45) is 0 Å². The highest BCUT2D eigenvalue weighted by atomic mass is 16.1. The van der Waals surface area contributed by atoms with Gasteiger partial charge in [0.25, 0.3) is 0 Å². The lowest BCUT2D eigenvalue weighted by molar-refractivity contribution is 0.0929. The van der Waals surface area contributed by atoms with Crippen molar-refractivity contribution in [2.75, 3.05) is 13.1 Å². The summed E-state index contributed by atoms with van der Waals surface area (Å²) in [6, 6.07) is 11.7. The van der Waals surface area contributed by atoms with E-state index >= 15 is 0 Å². The van der Waals surface area contributed by atoms with Crippen LogP contribution in [0.1, 0.15) is 28.4 Å². The van der Waals surface area contributed by atoms with E-state index in [0.29, 0.717) is 6.54 Å². The van der Waals surface area contributed by atoms with Gasteiger partial charge in [-0.2, -0.15) is 0 Å². The number of likely N-dealkylation sites (N-methyl/N-ethyl adjacent to an activating group) is 1. The minimum absolute atomic E-state index is 0.171. The van der Waals surface area contributed by atoms with Crippen LogP contribution in [0.5, 0.6) is 0 Å². The summed E-state index contributed by atoms with van der Waals surface area (Å²) in [6.07, 6.45) is 3.57. The molecule has 0 amide bonds. The maximum atomic E-state index is 12.3. The molecule has 0 unspecified atom stereocenters. The van der Waals surface area contributed by atoms with Crippen molar-refractivity contribution >= 4 is 5.78 Å².